The Kier molecular flexibility index (Phi) is 5.04. The van der Waals surface area contributed by atoms with E-state index in [4.69, 9.17) is 4.74 Å². The molecule has 22 heavy (non-hydrogen) atoms. The van der Waals surface area contributed by atoms with Crippen LogP contribution in [0.4, 0.5) is 0 Å². The third-order valence-corrected chi connectivity index (χ3v) is 3.03. The minimum atomic E-state index is -0.529. The summed E-state index contributed by atoms with van der Waals surface area (Å²) in [4.78, 5) is 23.1. The Morgan fingerprint density at radius 1 is 1.00 bits per heavy atom. The van der Waals surface area contributed by atoms with Crippen LogP contribution in [0.2, 0.25) is 0 Å². The summed E-state index contributed by atoms with van der Waals surface area (Å²) >= 11 is 0. The molecule has 0 heterocycles. The van der Waals surface area contributed by atoms with Gasteiger partial charge in [-0.2, -0.15) is 0 Å². The molecule has 3 heteroatoms. The van der Waals surface area contributed by atoms with Gasteiger partial charge in [0.05, 0.1) is 0 Å². The molecule has 0 aliphatic rings. The van der Waals surface area contributed by atoms with E-state index in [1.807, 2.05) is 31.2 Å². The van der Waals surface area contributed by atoms with E-state index in [1.54, 1.807) is 30.3 Å². The third-order valence-electron chi connectivity index (χ3n) is 3.03. The van der Waals surface area contributed by atoms with Gasteiger partial charge < -0.3 is 4.74 Å². The first kappa shape index (κ1) is 15.4. The number of benzene rings is 2. The number of esters is 1. The molecule has 0 fully saturated rings. The normalized spacial score (nSPS) is 10.4. The van der Waals surface area contributed by atoms with Gasteiger partial charge in [0.15, 0.2) is 5.78 Å². The summed E-state index contributed by atoms with van der Waals surface area (Å²) in [5, 5.41) is 0. The van der Waals surface area contributed by atoms with Crippen molar-refractivity contribution in [1.82, 2.24) is 0 Å². The zero-order valence-corrected chi connectivity index (χ0v) is 12.3. The average molecular weight is 292 g/mol. The number of allylic oxidation sites excluding steroid dienone is 1. The molecule has 0 aliphatic heterocycles. The number of rotatable bonds is 5. The molecule has 0 aromatic heterocycles. The van der Waals surface area contributed by atoms with Crippen molar-refractivity contribution in [2.75, 3.05) is 0 Å². The van der Waals surface area contributed by atoms with Crippen molar-refractivity contribution in [2.24, 2.45) is 0 Å². The predicted molar refractivity (Wildman–Crippen MR) is 86.8 cm³/mol. The van der Waals surface area contributed by atoms with Gasteiger partial charge in [0.25, 0.3) is 0 Å². The number of hydrogen-bond donors (Lipinski definition) is 0. The van der Waals surface area contributed by atoms with Crippen LogP contribution in [0, 0.1) is 6.92 Å². The van der Waals surface area contributed by atoms with E-state index in [1.165, 1.54) is 11.6 Å². The molecule has 0 saturated heterocycles. The number of ketones is 1. The number of aryl methyl sites for hydroxylation is 1. The average Bonchev–Trinajstić information content (AvgIpc) is 2.54. The van der Waals surface area contributed by atoms with Crippen LogP contribution < -0.4 is 4.74 Å². The standard InChI is InChI=1S/C19H16O3/c1-3-19(21)22-17-11-9-16(10-12-17)18(20)13-8-15-6-4-14(2)5-7-15/h3-13H,1H2,2H3/b13-8+. The fourth-order valence-corrected chi connectivity index (χ4v) is 1.79. The highest BCUT2D eigenvalue weighted by Crippen LogP contribution is 2.14. The van der Waals surface area contributed by atoms with Crippen LogP contribution in [0.25, 0.3) is 6.08 Å². The predicted octanol–water partition coefficient (Wildman–Crippen LogP) is 3.98. The Morgan fingerprint density at radius 2 is 1.64 bits per heavy atom. The lowest BCUT2D eigenvalue weighted by Gasteiger charge is -2.02. The Bertz CT molecular complexity index is 707. The van der Waals surface area contributed by atoms with E-state index in [2.05, 4.69) is 6.58 Å². The summed E-state index contributed by atoms with van der Waals surface area (Å²) in [5.41, 5.74) is 2.67. The van der Waals surface area contributed by atoms with Crippen molar-refractivity contribution < 1.29 is 14.3 Å². The molecule has 110 valence electrons. The molecule has 0 aliphatic carbocycles. The van der Waals surface area contributed by atoms with Gasteiger partial charge in [-0.25, -0.2) is 4.79 Å². The van der Waals surface area contributed by atoms with Crippen molar-refractivity contribution >= 4 is 17.8 Å². The number of hydrogen-bond acceptors (Lipinski definition) is 3. The van der Waals surface area contributed by atoms with Crippen molar-refractivity contribution in [3.63, 3.8) is 0 Å². The van der Waals surface area contributed by atoms with Crippen LogP contribution in [-0.2, 0) is 4.79 Å². The number of carbonyl (C=O) groups is 2. The number of carbonyl (C=O) groups excluding carboxylic acids is 2. The van der Waals surface area contributed by atoms with Crippen LogP contribution in [0.5, 0.6) is 5.75 Å². The molecule has 0 amide bonds. The first-order valence-electron chi connectivity index (χ1n) is 6.82. The van der Waals surface area contributed by atoms with Gasteiger partial charge in [-0.3, -0.25) is 4.79 Å². The molecule has 2 aromatic carbocycles. The van der Waals surface area contributed by atoms with Gasteiger partial charge in [-0.1, -0.05) is 42.5 Å². The lowest BCUT2D eigenvalue weighted by atomic mass is 10.1. The summed E-state index contributed by atoms with van der Waals surface area (Å²) in [7, 11) is 0. The quantitative estimate of drug-likeness (QED) is 0.362. The van der Waals surface area contributed by atoms with Gasteiger partial charge in [0, 0.05) is 11.6 Å². The van der Waals surface area contributed by atoms with Gasteiger partial charge in [-0.05, 0) is 42.8 Å². The minimum absolute atomic E-state index is 0.109. The van der Waals surface area contributed by atoms with E-state index in [0.717, 1.165) is 11.6 Å². The Hall–Kier alpha value is -2.94. The SMILES string of the molecule is C=CC(=O)Oc1ccc(C(=O)/C=C/c2ccc(C)cc2)cc1. The molecule has 0 spiro atoms. The van der Waals surface area contributed by atoms with E-state index in [-0.39, 0.29) is 5.78 Å². The fourth-order valence-electron chi connectivity index (χ4n) is 1.79. The van der Waals surface area contributed by atoms with Gasteiger partial charge in [0.2, 0.25) is 0 Å². The zero-order valence-electron chi connectivity index (χ0n) is 12.3. The van der Waals surface area contributed by atoms with Crippen molar-refractivity contribution in [2.45, 2.75) is 6.92 Å². The van der Waals surface area contributed by atoms with E-state index in [9.17, 15) is 9.59 Å². The van der Waals surface area contributed by atoms with Gasteiger partial charge >= 0.3 is 5.97 Å². The van der Waals surface area contributed by atoms with Gasteiger partial charge in [0.1, 0.15) is 5.75 Å². The van der Waals surface area contributed by atoms with Crippen molar-refractivity contribution in [1.29, 1.82) is 0 Å². The van der Waals surface area contributed by atoms with Crippen molar-refractivity contribution in [3.05, 3.63) is 84.0 Å². The summed E-state index contributed by atoms with van der Waals surface area (Å²) in [6, 6.07) is 14.3. The van der Waals surface area contributed by atoms with E-state index in [0.29, 0.717) is 11.3 Å². The lowest BCUT2D eigenvalue weighted by molar-refractivity contribution is -0.128. The molecular formula is C19H16O3. The Morgan fingerprint density at radius 3 is 2.23 bits per heavy atom. The highest BCUT2D eigenvalue weighted by Gasteiger charge is 2.04. The summed E-state index contributed by atoms with van der Waals surface area (Å²) in [6.45, 7) is 5.34. The second-order valence-electron chi connectivity index (χ2n) is 4.76. The first-order chi connectivity index (χ1) is 10.6. The number of ether oxygens (including phenoxy) is 1. The smallest absolute Gasteiger partial charge is 0.335 e. The van der Waals surface area contributed by atoms with Crippen LogP contribution in [0.3, 0.4) is 0 Å². The highest BCUT2D eigenvalue weighted by molar-refractivity contribution is 6.06. The monoisotopic (exact) mass is 292 g/mol. The molecule has 0 bridgehead atoms. The highest BCUT2D eigenvalue weighted by atomic mass is 16.5. The Balaban J connectivity index is 2.04. The van der Waals surface area contributed by atoms with Crippen LogP contribution >= 0.6 is 0 Å². The molecule has 0 radical (unpaired) electrons. The van der Waals surface area contributed by atoms with Gasteiger partial charge in [-0.15, -0.1) is 0 Å². The topological polar surface area (TPSA) is 43.4 Å². The minimum Gasteiger partial charge on any atom is -0.423 e. The van der Waals surface area contributed by atoms with Crippen molar-refractivity contribution in [3.8, 4) is 5.75 Å². The van der Waals surface area contributed by atoms with Crippen LogP contribution in [0.15, 0.2) is 67.3 Å². The Labute approximate surface area is 129 Å². The second kappa shape index (κ2) is 7.18. The molecule has 0 unspecified atom stereocenters. The summed E-state index contributed by atoms with van der Waals surface area (Å²) in [6.07, 6.45) is 4.38. The maximum absolute atomic E-state index is 12.1. The second-order valence-corrected chi connectivity index (χ2v) is 4.76. The molecule has 3 nitrogen and oxygen atoms in total. The molecule has 0 saturated carbocycles. The summed E-state index contributed by atoms with van der Waals surface area (Å²) < 4.78 is 4.95. The fraction of sp³-hybridized carbons (Fsp3) is 0.0526. The molecule has 0 atom stereocenters. The molecule has 0 N–H and O–H groups in total. The van der Waals surface area contributed by atoms with Crippen LogP contribution in [-0.4, -0.2) is 11.8 Å². The molecule has 2 rings (SSSR count). The lowest BCUT2D eigenvalue weighted by Crippen LogP contribution is -2.03. The first-order valence-corrected chi connectivity index (χ1v) is 6.82. The zero-order chi connectivity index (χ0) is 15.9. The third kappa shape index (κ3) is 4.28. The van der Waals surface area contributed by atoms with E-state index < -0.39 is 5.97 Å². The molecular weight excluding hydrogens is 276 g/mol. The largest absolute Gasteiger partial charge is 0.423 e. The van der Waals surface area contributed by atoms with Crippen LogP contribution in [0.1, 0.15) is 21.5 Å². The molecule has 2 aromatic rings. The maximum Gasteiger partial charge on any atom is 0.335 e. The maximum atomic E-state index is 12.1. The summed E-state index contributed by atoms with van der Waals surface area (Å²) in [5.74, 6) is -0.260. The van der Waals surface area contributed by atoms with E-state index >= 15 is 0 Å².